The van der Waals surface area contributed by atoms with E-state index in [0.717, 1.165) is 49.2 Å². The van der Waals surface area contributed by atoms with E-state index in [2.05, 4.69) is 20.5 Å². The number of amides is 2. The second-order valence-electron chi connectivity index (χ2n) is 14.9. The van der Waals surface area contributed by atoms with Gasteiger partial charge in [0.05, 0.1) is 17.7 Å². The third-order valence-corrected chi connectivity index (χ3v) is 11.1. The number of hydrogen-bond acceptors (Lipinski definition) is 9. The SMILES string of the molecule is CCN(CCCNC[C@H](O)c1ccc(O)c2[nH]c(=O)ccc12)C(=O)c1cccc(COc2cccc([C@@H](NC(=O)O[C@H]3CN4CCC3CC4)c3ccccc3)c2)c1. The molecule has 2 bridgehead atoms. The Bertz CT molecular complexity index is 2200. The summed E-state index contributed by atoms with van der Waals surface area (Å²) in [4.78, 5) is 45.4. The van der Waals surface area contributed by atoms with Crippen molar-refractivity contribution >= 4 is 22.9 Å². The molecule has 8 rings (SSSR count). The number of carbonyl (C=O) groups excluding carboxylic acids is 2. The molecule has 3 aliphatic heterocycles. The van der Waals surface area contributed by atoms with Crippen LogP contribution in [0, 0.1) is 5.92 Å². The van der Waals surface area contributed by atoms with Crippen LogP contribution < -0.4 is 20.9 Å². The minimum atomic E-state index is -0.860. The first-order valence-electron chi connectivity index (χ1n) is 19.8. The number of hydrogen-bond donors (Lipinski definition) is 5. The van der Waals surface area contributed by atoms with Gasteiger partial charge in [0.15, 0.2) is 0 Å². The van der Waals surface area contributed by atoms with Gasteiger partial charge in [-0.25, -0.2) is 4.79 Å². The highest BCUT2D eigenvalue weighted by Gasteiger charge is 2.37. The van der Waals surface area contributed by atoms with Gasteiger partial charge in [-0.3, -0.25) is 14.5 Å². The number of aliphatic hydroxyl groups is 1. The molecular weight excluding hydrogens is 723 g/mol. The number of phenols is 1. The zero-order chi connectivity index (χ0) is 39.7. The number of rotatable bonds is 16. The lowest BCUT2D eigenvalue weighted by Gasteiger charge is -2.43. The minimum Gasteiger partial charge on any atom is -0.506 e. The number of nitrogens with zero attached hydrogens (tertiary/aromatic N) is 2. The van der Waals surface area contributed by atoms with E-state index in [0.29, 0.717) is 59.8 Å². The fraction of sp³-hybridized carbons (Fsp3) is 0.356. The number of alkyl carbamates (subject to hydrolysis) is 1. The number of phenolic OH excluding ortho intramolecular Hbond substituents is 1. The predicted octanol–water partition coefficient (Wildman–Crippen LogP) is 5.90. The van der Waals surface area contributed by atoms with E-state index < -0.39 is 18.2 Å². The summed E-state index contributed by atoms with van der Waals surface area (Å²) in [5, 5.41) is 28.0. The molecule has 2 amide bonds. The molecule has 0 spiro atoms. The van der Waals surface area contributed by atoms with Gasteiger partial charge >= 0.3 is 6.09 Å². The molecule has 3 saturated heterocycles. The summed E-state index contributed by atoms with van der Waals surface area (Å²) >= 11 is 0. The highest BCUT2D eigenvalue weighted by molar-refractivity contribution is 5.94. The van der Waals surface area contributed by atoms with Crippen molar-refractivity contribution in [3.05, 3.63) is 141 Å². The van der Waals surface area contributed by atoms with Gasteiger partial charge in [-0.1, -0.05) is 60.7 Å². The number of fused-ring (bicyclic) bond motifs is 4. The van der Waals surface area contributed by atoms with Crippen molar-refractivity contribution in [1.82, 2.24) is 25.4 Å². The Kier molecular flexibility index (Phi) is 12.8. The quantitative estimate of drug-likeness (QED) is 0.0772. The summed E-state index contributed by atoms with van der Waals surface area (Å²) in [6.45, 7) is 7.04. The zero-order valence-corrected chi connectivity index (χ0v) is 32.2. The van der Waals surface area contributed by atoms with Crippen LogP contribution in [0.15, 0.2) is 108 Å². The fourth-order valence-electron chi connectivity index (χ4n) is 7.96. The van der Waals surface area contributed by atoms with Crippen LogP contribution in [-0.2, 0) is 11.3 Å². The molecule has 298 valence electrons. The molecule has 0 saturated carbocycles. The molecule has 0 unspecified atom stereocenters. The number of H-pyrrole nitrogens is 1. The fourth-order valence-corrected chi connectivity index (χ4v) is 7.96. The van der Waals surface area contributed by atoms with Gasteiger partial charge < -0.3 is 40.2 Å². The Hall–Kier alpha value is -5.69. The highest BCUT2D eigenvalue weighted by Crippen LogP contribution is 2.31. The molecule has 4 heterocycles. The third kappa shape index (κ3) is 9.83. The summed E-state index contributed by atoms with van der Waals surface area (Å²) in [5.74, 6) is 0.921. The number of aromatic amines is 1. The van der Waals surface area contributed by atoms with E-state index in [-0.39, 0.29) is 36.5 Å². The topological polar surface area (TPSA) is 156 Å². The molecule has 3 fully saturated rings. The lowest BCUT2D eigenvalue weighted by Crippen LogP contribution is -2.52. The Labute approximate surface area is 332 Å². The van der Waals surface area contributed by atoms with E-state index in [1.165, 1.54) is 12.1 Å². The number of pyridine rings is 1. The molecule has 57 heavy (non-hydrogen) atoms. The predicted molar refractivity (Wildman–Crippen MR) is 218 cm³/mol. The second-order valence-corrected chi connectivity index (χ2v) is 14.9. The van der Waals surface area contributed by atoms with Crippen LogP contribution >= 0.6 is 0 Å². The van der Waals surface area contributed by atoms with E-state index >= 15 is 0 Å². The lowest BCUT2D eigenvalue weighted by atomic mass is 9.86. The van der Waals surface area contributed by atoms with Crippen molar-refractivity contribution in [2.45, 2.75) is 51.0 Å². The van der Waals surface area contributed by atoms with Gasteiger partial charge in [0, 0.05) is 43.2 Å². The van der Waals surface area contributed by atoms with Crippen LogP contribution in [0.5, 0.6) is 11.5 Å². The minimum absolute atomic E-state index is 0.0553. The molecule has 0 radical (unpaired) electrons. The smallest absolute Gasteiger partial charge is 0.408 e. The van der Waals surface area contributed by atoms with Crippen molar-refractivity contribution in [2.24, 2.45) is 5.92 Å². The Morgan fingerprint density at radius 2 is 1.74 bits per heavy atom. The van der Waals surface area contributed by atoms with E-state index in [1.54, 1.807) is 17.0 Å². The molecular formula is C45H51N5O7. The van der Waals surface area contributed by atoms with Crippen LogP contribution in [0.1, 0.15) is 70.9 Å². The van der Waals surface area contributed by atoms with Crippen molar-refractivity contribution < 1.29 is 29.3 Å². The molecule has 12 nitrogen and oxygen atoms in total. The monoisotopic (exact) mass is 773 g/mol. The molecule has 0 aliphatic carbocycles. The summed E-state index contributed by atoms with van der Waals surface area (Å²) in [5.41, 5.74) is 3.77. The molecule has 5 N–H and O–H groups in total. The first-order chi connectivity index (χ1) is 27.7. The summed E-state index contributed by atoms with van der Waals surface area (Å²) in [7, 11) is 0. The van der Waals surface area contributed by atoms with E-state index in [1.807, 2.05) is 85.8 Å². The van der Waals surface area contributed by atoms with Gasteiger partial charge in [0.2, 0.25) is 5.56 Å². The first kappa shape index (κ1) is 39.5. The number of aliphatic hydroxyl groups excluding tert-OH is 1. The Morgan fingerprint density at radius 3 is 2.51 bits per heavy atom. The number of aromatic hydroxyl groups is 1. The second kappa shape index (κ2) is 18.5. The van der Waals surface area contributed by atoms with Crippen LogP contribution in [-0.4, -0.2) is 88.9 Å². The van der Waals surface area contributed by atoms with Crippen LogP contribution in [0.4, 0.5) is 4.79 Å². The average molecular weight is 774 g/mol. The van der Waals surface area contributed by atoms with Gasteiger partial charge in [0.1, 0.15) is 24.2 Å². The van der Waals surface area contributed by atoms with Gasteiger partial charge in [0.25, 0.3) is 5.91 Å². The molecule has 12 heteroatoms. The van der Waals surface area contributed by atoms with Gasteiger partial charge in [-0.2, -0.15) is 0 Å². The number of benzene rings is 4. The zero-order valence-electron chi connectivity index (χ0n) is 32.2. The van der Waals surface area contributed by atoms with Crippen LogP contribution in [0.2, 0.25) is 0 Å². The number of nitrogens with one attached hydrogen (secondary N) is 3. The summed E-state index contributed by atoms with van der Waals surface area (Å²) in [6, 6.07) is 30.6. The number of aromatic nitrogens is 1. The molecule has 3 atom stereocenters. The Morgan fingerprint density at radius 1 is 0.947 bits per heavy atom. The maximum absolute atomic E-state index is 13.6. The molecule has 4 aromatic carbocycles. The molecule has 5 aromatic rings. The number of piperidine rings is 3. The number of ether oxygens (including phenoxy) is 2. The first-order valence-corrected chi connectivity index (χ1v) is 19.8. The third-order valence-electron chi connectivity index (χ3n) is 11.1. The van der Waals surface area contributed by atoms with Crippen molar-refractivity contribution in [1.29, 1.82) is 0 Å². The summed E-state index contributed by atoms with van der Waals surface area (Å²) in [6.07, 6.45) is 1.42. The standard InChI is InChI=1S/C45H51N5O7/c1-2-50(22-8-21-46-27-39(52)36-15-17-38(51)43-37(36)16-18-41(53)47-43)44(54)34-13-6-9-30(25-34)29-56-35-14-7-12-33(26-35)42(32-10-4-3-5-11-32)48-45(55)57-40-28-49-23-19-31(40)20-24-49/h3-7,9-18,25-26,31,39-40,42,46,51-52H,2,8,19-24,27-29H2,1H3,(H,47,53)(H,48,55)/t39-,40-,42-/m0/s1. The van der Waals surface area contributed by atoms with E-state index in [4.69, 9.17) is 9.47 Å². The molecule has 1 aromatic heterocycles. The van der Waals surface area contributed by atoms with Crippen LogP contribution in [0.25, 0.3) is 10.9 Å². The number of carbonyl (C=O) groups is 2. The van der Waals surface area contributed by atoms with Crippen molar-refractivity contribution in [2.75, 3.05) is 45.8 Å². The van der Waals surface area contributed by atoms with Crippen LogP contribution in [0.3, 0.4) is 0 Å². The average Bonchev–Trinajstić information content (AvgIpc) is 3.24. The highest BCUT2D eigenvalue weighted by atomic mass is 16.6. The normalized spacial score (nSPS) is 18.5. The summed E-state index contributed by atoms with van der Waals surface area (Å²) < 4.78 is 12.2. The Balaban J connectivity index is 0.918. The maximum atomic E-state index is 13.6. The van der Waals surface area contributed by atoms with Crippen molar-refractivity contribution in [3.63, 3.8) is 0 Å². The van der Waals surface area contributed by atoms with Crippen molar-refractivity contribution in [3.8, 4) is 11.5 Å². The van der Waals surface area contributed by atoms with Gasteiger partial charge in [-0.15, -0.1) is 0 Å². The largest absolute Gasteiger partial charge is 0.506 e. The maximum Gasteiger partial charge on any atom is 0.408 e. The molecule has 3 aliphatic rings. The van der Waals surface area contributed by atoms with E-state index in [9.17, 15) is 24.6 Å². The lowest BCUT2D eigenvalue weighted by molar-refractivity contribution is -0.0336. The van der Waals surface area contributed by atoms with Gasteiger partial charge in [-0.05, 0) is 110 Å².